The van der Waals surface area contributed by atoms with Gasteiger partial charge in [-0.1, -0.05) is 0 Å². The van der Waals surface area contributed by atoms with Gasteiger partial charge in [-0.05, 0) is 61.2 Å². The molecule has 0 saturated carbocycles. The Kier molecular flexibility index (Phi) is 5.33. The fourth-order valence-electron chi connectivity index (χ4n) is 3.39. The maximum Gasteiger partial charge on any atom is 0.338 e. The predicted octanol–water partition coefficient (Wildman–Crippen LogP) is 3.27. The van der Waals surface area contributed by atoms with Crippen molar-refractivity contribution in [2.24, 2.45) is 4.40 Å². The molecule has 0 aliphatic carbocycles. The summed E-state index contributed by atoms with van der Waals surface area (Å²) < 4.78 is 43.7. The van der Waals surface area contributed by atoms with Crippen LogP contribution in [0.15, 0.2) is 56.2 Å². The third-order valence-corrected chi connectivity index (χ3v) is 7.42. The maximum absolute atomic E-state index is 12.7. The van der Waals surface area contributed by atoms with Crippen molar-refractivity contribution in [2.45, 2.75) is 17.9 Å². The average Bonchev–Trinajstić information content (AvgIpc) is 3.42. The second kappa shape index (κ2) is 8.19. The quantitative estimate of drug-likeness (QED) is 0.496. The van der Waals surface area contributed by atoms with E-state index in [1.165, 1.54) is 11.8 Å². The summed E-state index contributed by atoms with van der Waals surface area (Å²) >= 11 is 1.21. The Labute approximate surface area is 193 Å². The second-order valence-corrected chi connectivity index (χ2v) is 10.1. The van der Waals surface area contributed by atoms with Crippen LogP contribution in [0.4, 0.5) is 5.69 Å². The van der Waals surface area contributed by atoms with Gasteiger partial charge >= 0.3 is 5.97 Å². The number of thioether (sulfide) groups is 1. The first kappa shape index (κ1) is 21.5. The van der Waals surface area contributed by atoms with Crippen molar-refractivity contribution < 1.29 is 27.1 Å². The molecule has 5 rings (SSSR count). The van der Waals surface area contributed by atoms with Crippen LogP contribution in [0.2, 0.25) is 0 Å². The number of nitrogens with zero attached hydrogens (tertiary/aromatic N) is 4. The number of carbonyl (C=O) groups excluding carboxylic acids is 1. The van der Waals surface area contributed by atoms with Gasteiger partial charge in [-0.3, -0.25) is 0 Å². The zero-order chi connectivity index (χ0) is 23.2. The summed E-state index contributed by atoms with van der Waals surface area (Å²) in [5, 5.41) is 8.41. The first-order chi connectivity index (χ1) is 15.8. The van der Waals surface area contributed by atoms with Crippen molar-refractivity contribution in [3.8, 4) is 17.2 Å². The summed E-state index contributed by atoms with van der Waals surface area (Å²) in [4.78, 5) is 15.3. The lowest BCUT2D eigenvalue weighted by atomic mass is 10.2. The lowest BCUT2D eigenvalue weighted by molar-refractivity contribution is 0.0279. The molecule has 0 amide bonds. The van der Waals surface area contributed by atoms with Gasteiger partial charge in [-0.15, -0.1) is 14.6 Å². The summed E-state index contributed by atoms with van der Waals surface area (Å²) in [5.41, 5.74) is 1.86. The number of amidine groups is 1. The molecule has 2 aromatic carbocycles. The van der Waals surface area contributed by atoms with Gasteiger partial charge in [-0.25, -0.2) is 13.2 Å². The summed E-state index contributed by atoms with van der Waals surface area (Å²) in [6, 6.07) is 12.2. The Hall–Kier alpha value is -3.38. The van der Waals surface area contributed by atoms with E-state index in [0.29, 0.717) is 34.5 Å². The van der Waals surface area contributed by atoms with Gasteiger partial charge in [-0.2, -0.15) is 0 Å². The van der Waals surface area contributed by atoms with Gasteiger partial charge < -0.3 is 18.8 Å². The topological polar surface area (TPSA) is 124 Å². The molecule has 0 N–H and O–H groups in total. The number of benzene rings is 2. The van der Waals surface area contributed by atoms with Gasteiger partial charge in [0.25, 0.3) is 15.9 Å². The first-order valence-corrected chi connectivity index (χ1v) is 12.4. The molecule has 3 heterocycles. The number of ether oxygens (including phenoxy) is 2. The van der Waals surface area contributed by atoms with E-state index in [-0.39, 0.29) is 11.6 Å². The first-order valence-electron chi connectivity index (χ1n) is 9.94. The van der Waals surface area contributed by atoms with E-state index >= 15 is 0 Å². The molecule has 1 atom stereocenters. The van der Waals surface area contributed by atoms with Crippen LogP contribution in [0.5, 0.6) is 5.75 Å². The van der Waals surface area contributed by atoms with Crippen LogP contribution in [0.25, 0.3) is 11.5 Å². The molecule has 3 aromatic rings. The molecule has 0 spiro atoms. The Morgan fingerprint density at radius 1 is 1.18 bits per heavy atom. The van der Waals surface area contributed by atoms with Crippen molar-refractivity contribution in [3.63, 3.8) is 0 Å². The number of sulfonamides is 1. The lowest BCUT2D eigenvalue weighted by Crippen LogP contribution is -2.35. The number of esters is 1. The molecule has 0 fully saturated rings. The molecule has 33 heavy (non-hydrogen) atoms. The zero-order valence-corrected chi connectivity index (χ0v) is 19.2. The SMILES string of the molecule is COc1ccc(-c2nnc(C(C)OC(=O)c3ccc4c(c3)SC3=NS(=O)(=O)CCN34)o2)cc1. The van der Waals surface area contributed by atoms with Crippen LogP contribution in [0, 0.1) is 0 Å². The Morgan fingerprint density at radius 2 is 1.97 bits per heavy atom. The summed E-state index contributed by atoms with van der Waals surface area (Å²) in [6.45, 7) is 1.97. The van der Waals surface area contributed by atoms with Gasteiger partial charge in [0.1, 0.15) is 5.75 Å². The number of rotatable bonds is 5. The summed E-state index contributed by atoms with van der Waals surface area (Å²) in [5.74, 6) is 0.575. The van der Waals surface area contributed by atoms with Crippen LogP contribution in [-0.4, -0.2) is 49.2 Å². The predicted molar refractivity (Wildman–Crippen MR) is 121 cm³/mol. The number of methoxy groups -OCH3 is 1. The standard InChI is InChI=1S/C21H18N4O6S2/c1-12(18-22-23-19(31-18)13-3-6-15(29-2)7-4-13)30-20(26)14-5-8-16-17(11-14)32-21-24-33(27,28)10-9-25(16)21/h3-8,11-12H,9-10H2,1-2H3. The molecule has 0 bridgehead atoms. The summed E-state index contributed by atoms with van der Waals surface area (Å²) in [7, 11) is -1.86. The van der Waals surface area contributed by atoms with Crippen molar-refractivity contribution >= 4 is 38.6 Å². The Balaban J connectivity index is 1.29. The molecule has 0 saturated heterocycles. The smallest absolute Gasteiger partial charge is 0.338 e. The minimum absolute atomic E-state index is 0.0412. The summed E-state index contributed by atoms with van der Waals surface area (Å²) in [6.07, 6.45) is -0.765. The monoisotopic (exact) mass is 486 g/mol. The van der Waals surface area contributed by atoms with Crippen LogP contribution >= 0.6 is 11.8 Å². The zero-order valence-electron chi connectivity index (χ0n) is 17.6. The van der Waals surface area contributed by atoms with Crippen molar-refractivity contribution in [2.75, 3.05) is 24.3 Å². The Morgan fingerprint density at radius 3 is 2.73 bits per heavy atom. The van der Waals surface area contributed by atoms with Crippen molar-refractivity contribution in [1.29, 1.82) is 0 Å². The molecule has 1 unspecified atom stereocenters. The fourth-order valence-corrected chi connectivity index (χ4v) is 5.68. The number of carbonyl (C=O) groups is 1. The van der Waals surface area contributed by atoms with E-state index in [0.717, 1.165) is 10.6 Å². The van der Waals surface area contributed by atoms with Crippen molar-refractivity contribution in [1.82, 2.24) is 10.2 Å². The third kappa shape index (κ3) is 4.18. The van der Waals surface area contributed by atoms with Crippen LogP contribution in [0.3, 0.4) is 0 Å². The molecule has 12 heteroatoms. The largest absolute Gasteiger partial charge is 0.497 e. The number of aromatic nitrogens is 2. The maximum atomic E-state index is 12.7. The molecule has 0 radical (unpaired) electrons. The van der Waals surface area contributed by atoms with Gasteiger partial charge in [0.2, 0.25) is 5.89 Å². The van der Waals surface area contributed by atoms with E-state index in [1.807, 2.05) is 4.90 Å². The van der Waals surface area contributed by atoms with Gasteiger partial charge in [0.15, 0.2) is 11.3 Å². The van der Waals surface area contributed by atoms with E-state index < -0.39 is 22.1 Å². The number of hydrogen-bond acceptors (Lipinski definition) is 10. The molecule has 170 valence electrons. The number of hydrogen-bond donors (Lipinski definition) is 0. The van der Waals surface area contributed by atoms with Gasteiger partial charge in [0.05, 0.1) is 24.1 Å². The van der Waals surface area contributed by atoms with Crippen LogP contribution in [-0.2, 0) is 14.8 Å². The second-order valence-electron chi connectivity index (χ2n) is 7.32. The van der Waals surface area contributed by atoms with E-state index in [1.54, 1.807) is 56.5 Å². The number of fused-ring (bicyclic) bond motifs is 3. The Bertz CT molecular complexity index is 1370. The highest BCUT2D eigenvalue weighted by Gasteiger charge is 2.33. The minimum Gasteiger partial charge on any atom is -0.497 e. The molecule has 10 nitrogen and oxygen atoms in total. The fraction of sp³-hybridized carbons (Fsp3) is 0.238. The third-order valence-electron chi connectivity index (χ3n) is 5.12. The highest BCUT2D eigenvalue weighted by Crippen LogP contribution is 2.42. The lowest BCUT2D eigenvalue weighted by Gasteiger charge is -2.22. The molecular formula is C21H18N4O6S2. The highest BCUT2D eigenvalue weighted by atomic mass is 32.2. The molecule has 2 aliphatic rings. The normalized spacial score (nSPS) is 17.0. The van der Waals surface area contributed by atoms with Crippen LogP contribution < -0.4 is 9.64 Å². The van der Waals surface area contributed by atoms with Crippen LogP contribution in [0.1, 0.15) is 29.3 Å². The molecular weight excluding hydrogens is 468 g/mol. The van der Waals surface area contributed by atoms with Crippen molar-refractivity contribution in [3.05, 3.63) is 53.9 Å². The van der Waals surface area contributed by atoms with E-state index in [4.69, 9.17) is 13.9 Å². The van der Waals surface area contributed by atoms with Gasteiger partial charge in [0, 0.05) is 17.0 Å². The minimum atomic E-state index is -3.45. The number of anilines is 1. The molecule has 1 aromatic heterocycles. The van der Waals surface area contributed by atoms with E-state index in [2.05, 4.69) is 14.6 Å². The molecule has 2 aliphatic heterocycles. The van der Waals surface area contributed by atoms with E-state index in [9.17, 15) is 13.2 Å². The highest BCUT2D eigenvalue weighted by molar-refractivity contribution is 8.15. The average molecular weight is 487 g/mol.